The number of rotatable bonds is 5. The maximum atomic E-state index is 12.1. The average Bonchev–Trinajstić information content (AvgIpc) is 2.66. The van der Waals surface area contributed by atoms with Gasteiger partial charge in [0.05, 0.1) is 0 Å². The van der Waals surface area contributed by atoms with Crippen LogP contribution in [0.3, 0.4) is 0 Å². The van der Waals surface area contributed by atoms with E-state index in [1.807, 2.05) is 30.3 Å². The van der Waals surface area contributed by atoms with E-state index in [4.69, 9.17) is 4.74 Å². The van der Waals surface area contributed by atoms with E-state index in [1.165, 1.54) is 6.92 Å². The van der Waals surface area contributed by atoms with Gasteiger partial charge in [-0.25, -0.2) is 0 Å². The molecule has 1 fully saturated rings. The van der Waals surface area contributed by atoms with Crippen LogP contribution in [0.25, 0.3) is 0 Å². The van der Waals surface area contributed by atoms with E-state index in [2.05, 4.69) is 0 Å². The molecular weight excluding hydrogens is 244 g/mol. The Labute approximate surface area is 111 Å². The highest BCUT2D eigenvalue weighted by molar-refractivity contribution is 6.09. The zero-order valence-corrected chi connectivity index (χ0v) is 10.8. The molecule has 0 aliphatic carbocycles. The lowest BCUT2D eigenvalue weighted by molar-refractivity contribution is -0.147. The van der Waals surface area contributed by atoms with Crippen LogP contribution < -0.4 is 0 Å². The summed E-state index contributed by atoms with van der Waals surface area (Å²) in [5.41, 5.74) is -0.272. The summed E-state index contributed by atoms with van der Waals surface area (Å²) in [5.74, 6) is -0.745. The molecule has 2 rings (SSSR count). The minimum atomic E-state index is -1.17. The van der Waals surface area contributed by atoms with Crippen molar-refractivity contribution in [3.63, 3.8) is 0 Å². The molecule has 100 valence electrons. The number of esters is 1. The summed E-state index contributed by atoms with van der Waals surface area (Å²) < 4.78 is 4.89. The Balaban J connectivity index is 2.26. The van der Waals surface area contributed by atoms with Crippen LogP contribution in [0.15, 0.2) is 30.3 Å². The second-order valence-corrected chi connectivity index (χ2v) is 4.95. The number of hydrogen-bond donors (Lipinski definition) is 0. The molecule has 0 unspecified atom stereocenters. The molecule has 0 radical (unpaired) electrons. The summed E-state index contributed by atoms with van der Waals surface area (Å²) in [6.07, 6.45) is 0.751. The molecule has 19 heavy (non-hydrogen) atoms. The van der Waals surface area contributed by atoms with Gasteiger partial charge in [0, 0.05) is 6.42 Å². The van der Waals surface area contributed by atoms with E-state index in [1.54, 1.807) is 0 Å². The molecule has 1 atom stereocenters. The standard InChI is InChI=1S/C15H16O4/c1-11(16)7-8-15(13(17)10-19-14(15)18)9-12-5-3-2-4-6-12/h2-6H,7-10H2,1H3/t15-/m1/s1. The van der Waals surface area contributed by atoms with Crippen LogP contribution in [-0.2, 0) is 25.5 Å². The minimum absolute atomic E-state index is 0.0278. The number of ether oxygens (including phenoxy) is 1. The first-order valence-electron chi connectivity index (χ1n) is 6.28. The largest absolute Gasteiger partial charge is 0.457 e. The number of ketones is 2. The molecule has 0 amide bonds. The molecule has 1 heterocycles. The maximum absolute atomic E-state index is 12.1. The highest BCUT2D eigenvalue weighted by Gasteiger charge is 2.51. The number of cyclic esters (lactones) is 1. The first-order valence-corrected chi connectivity index (χ1v) is 6.28. The molecule has 0 saturated carbocycles. The molecule has 1 aromatic carbocycles. The van der Waals surface area contributed by atoms with Crippen molar-refractivity contribution in [3.8, 4) is 0 Å². The third kappa shape index (κ3) is 2.72. The molecule has 1 aromatic rings. The lowest BCUT2D eigenvalue weighted by atomic mass is 9.75. The van der Waals surface area contributed by atoms with Crippen molar-refractivity contribution in [2.45, 2.75) is 26.2 Å². The quantitative estimate of drug-likeness (QED) is 0.597. The lowest BCUT2D eigenvalue weighted by Gasteiger charge is -2.22. The smallest absolute Gasteiger partial charge is 0.320 e. The van der Waals surface area contributed by atoms with E-state index < -0.39 is 11.4 Å². The molecule has 0 aromatic heterocycles. The highest BCUT2D eigenvalue weighted by atomic mass is 16.5. The monoisotopic (exact) mass is 260 g/mol. The molecule has 0 spiro atoms. The zero-order valence-electron chi connectivity index (χ0n) is 10.8. The normalized spacial score (nSPS) is 22.4. The van der Waals surface area contributed by atoms with Crippen LogP contribution in [0.5, 0.6) is 0 Å². The average molecular weight is 260 g/mol. The van der Waals surface area contributed by atoms with E-state index in [-0.39, 0.29) is 31.0 Å². The van der Waals surface area contributed by atoms with Crippen molar-refractivity contribution in [1.82, 2.24) is 0 Å². The van der Waals surface area contributed by atoms with E-state index in [0.717, 1.165) is 5.56 Å². The van der Waals surface area contributed by atoms with Crippen LogP contribution in [0.1, 0.15) is 25.3 Å². The molecule has 1 saturated heterocycles. The number of carbonyl (C=O) groups is 3. The summed E-state index contributed by atoms with van der Waals surface area (Å²) >= 11 is 0. The van der Waals surface area contributed by atoms with E-state index in [0.29, 0.717) is 6.42 Å². The van der Waals surface area contributed by atoms with Gasteiger partial charge >= 0.3 is 5.97 Å². The fourth-order valence-corrected chi connectivity index (χ4v) is 2.36. The summed E-state index contributed by atoms with van der Waals surface area (Å²) in [6.45, 7) is 1.28. The van der Waals surface area contributed by atoms with Crippen LogP contribution >= 0.6 is 0 Å². The fraction of sp³-hybridized carbons (Fsp3) is 0.400. The number of hydrogen-bond acceptors (Lipinski definition) is 4. The predicted molar refractivity (Wildman–Crippen MR) is 68.5 cm³/mol. The Bertz CT molecular complexity index is 488. The Hall–Kier alpha value is -1.97. The van der Waals surface area contributed by atoms with E-state index >= 15 is 0 Å². The lowest BCUT2D eigenvalue weighted by Crippen LogP contribution is -2.36. The number of carbonyl (C=O) groups excluding carboxylic acids is 3. The third-order valence-corrected chi connectivity index (χ3v) is 3.51. The third-order valence-electron chi connectivity index (χ3n) is 3.51. The van der Waals surface area contributed by atoms with Crippen LogP contribution in [-0.4, -0.2) is 24.1 Å². The molecular formula is C15H16O4. The van der Waals surface area contributed by atoms with Gasteiger partial charge in [0.25, 0.3) is 0 Å². The van der Waals surface area contributed by atoms with Gasteiger partial charge in [0.2, 0.25) is 0 Å². The van der Waals surface area contributed by atoms with Crippen molar-refractivity contribution < 1.29 is 19.1 Å². The Kier molecular flexibility index (Phi) is 3.79. The van der Waals surface area contributed by atoms with Crippen molar-refractivity contribution in [3.05, 3.63) is 35.9 Å². The highest BCUT2D eigenvalue weighted by Crippen LogP contribution is 2.36. The fourth-order valence-electron chi connectivity index (χ4n) is 2.36. The van der Waals surface area contributed by atoms with Crippen LogP contribution in [0.2, 0.25) is 0 Å². The topological polar surface area (TPSA) is 60.4 Å². The van der Waals surface area contributed by atoms with Crippen molar-refractivity contribution in [1.29, 1.82) is 0 Å². The second kappa shape index (κ2) is 5.34. The van der Waals surface area contributed by atoms with Gasteiger partial charge in [-0.05, 0) is 25.3 Å². The summed E-state index contributed by atoms with van der Waals surface area (Å²) in [5, 5.41) is 0. The molecule has 4 nitrogen and oxygen atoms in total. The SMILES string of the molecule is CC(=O)CC[C@@]1(Cc2ccccc2)C(=O)COC1=O. The van der Waals surface area contributed by atoms with E-state index in [9.17, 15) is 14.4 Å². The minimum Gasteiger partial charge on any atom is -0.457 e. The number of Topliss-reactive ketones (excluding diaryl/α,β-unsaturated/α-hetero) is 2. The first kappa shape index (κ1) is 13.5. The van der Waals surface area contributed by atoms with Gasteiger partial charge in [-0.2, -0.15) is 0 Å². The predicted octanol–water partition coefficient (Wildman–Crippen LogP) is 1.71. The summed E-state index contributed by atoms with van der Waals surface area (Å²) in [7, 11) is 0. The molecule has 0 bridgehead atoms. The second-order valence-electron chi connectivity index (χ2n) is 4.95. The Morgan fingerprint density at radius 2 is 1.95 bits per heavy atom. The Morgan fingerprint density at radius 1 is 1.26 bits per heavy atom. The van der Waals surface area contributed by atoms with Gasteiger partial charge < -0.3 is 9.53 Å². The van der Waals surface area contributed by atoms with Crippen molar-refractivity contribution >= 4 is 17.5 Å². The van der Waals surface area contributed by atoms with Gasteiger partial charge in [0.15, 0.2) is 12.4 Å². The van der Waals surface area contributed by atoms with Gasteiger partial charge in [0.1, 0.15) is 11.2 Å². The number of benzene rings is 1. The molecule has 1 aliphatic rings. The molecule has 1 aliphatic heterocycles. The van der Waals surface area contributed by atoms with Gasteiger partial charge in [-0.1, -0.05) is 30.3 Å². The Morgan fingerprint density at radius 3 is 2.47 bits per heavy atom. The van der Waals surface area contributed by atoms with Crippen molar-refractivity contribution in [2.24, 2.45) is 5.41 Å². The van der Waals surface area contributed by atoms with Crippen molar-refractivity contribution in [2.75, 3.05) is 6.61 Å². The van der Waals surface area contributed by atoms with Crippen LogP contribution in [0, 0.1) is 5.41 Å². The summed E-state index contributed by atoms with van der Waals surface area (Å²) in [6, 6.07) is 9.33. The van der Waals surface area contributed by atoms with Gasteiger partial charge in [-0.3, -0.25) is 9.59 Å². The summed E-state index contributed by atoms with van der Waals surface area (Å²) in [4.78, 5) is 35.2. The molecule has 0 N–H and O–H groups in total. The maximum Gasteiger partial charge on any atom is 0.320 e. The zero-order chi connectivity index (χ0) is 13.9. The van der Waals surface area contributed by atoms with Gasteiger partial charge in [-0.15, -0.1) is 0 Å². The van der Waals surface area contributed by atoms with Crippen LogP contribution in [0.4, 0.5) is 0 Å². The molecule has 4 heteroatoms. The first-order chi connectivity index (χ1) is 9.04.